The molecule has 0 aliphatic heterocycles. The Morgan fingerprint density at radius 3 is 2.75 bits per heavy atom. The molecule has 2 nitrogen and oxygen atoms in total. The Morgan fingerprint density at radius 1 is 1.42 bits per heavy atom. The third kappa shape index (κ3) is 1.93. The Kier molecular flexibility index (Phi) is 3.44. The van der Waals surface area contributed by atoms with Gasteiger partial charge in [-0.25, -0.2) is 0 Å². The van der Waals surface area contributed by atoms with Crippen LogP contribution in [0.15, 0.2) is 23.1 Å². The Morgan fingerprint density at radius 2 is 2.17 bits per heavy atom. The van der Waals surface area contributed by atoms with E-state index in [1.165, 1.54) is 0 Å². The van der Waals surface area contributed by atoms with Crippen molar-refractivity contribution in [2.45, 2.75) is 18.4 Å². The second-order valence-electron chi connectivity index (χ2n) is 2.47. The van der Waals surface area contributed by atoms with Gasteiger partial charge in [0.1, 0.15) is 0 Å². The molecule has 0 atom stereocenters. The van der Waals surface area contributed by atoms with E-state index in [-0.39, 0.29) is 0 Å². The fourth-order valence-corrected chi connectivity index (χ4v) is 1.82. The van der Waals surface area contributed by atoms with Crippen LogP contribution in [0.25, 0.3) is 0 Å². The summed E-state index contributed by atoms with van der Waals surface area (Å²) in [5.74, 6) is 1.04. The zero-order valence-corrected chi connectivity index (χ0v) is 8.03. The maximum atomic E-state index is 5.88. The van der Waals surface area contributed by atoms with Gasteiger partial charge < -0.3 is 11.5 Å². The van der Waals surface area contributed by atoms with Crippen molar-refractivity contribution in [3.63, 3.8) is 0 Å². The van der Waals surface area contributed by atoms with Gasteiger partial charge in [0, 0.05) is 17.1 Å². The molecule has 66 valence electrons. The molecule has 12 heavy (non-hydrogen) atoms. The maximum Gasteiger partial charge on any atom is 0.0497 e. The highest BCUT2D eigenvalue weighted by Crippen LogP contribution is 2.27. The summed E-state index contributed by atoms with van der Waals surface area (Å²) in [6, 6.07) is 5.99. The number of benzene rings is 1. The van der Waals surface area contributed by atoms with Crippen LogP contribution in [-0.4, -0.2) is 5.75 Å². The zero-order chi connectivity index (χ0) is 8.97. The summed E-state index contributed by atoms with van der Waals surface area (Å²) < 4.78 is 0. The molecule has 0 saturated heterocycles. The van der Waals surface area contributed by atoms with Gasteiger partial charge in [0.05, 0.1) is 0 Å². The largest absolute Gasteiger partial charge is 0.398 e. The van der Waals surface area contributed by atoms with Gasteiger partial charge >= 0.3 is 0 Å². The summed E-state index contributed by atoms with van der Waals surface area (Å²) in [5.41, 5.74) is 13.3. The first-order chi connectivity index (χ1) is 5.79. The number of para-hydroxylation sites is 1. The molecule has 0 saturated carbocycles. The monoisotopic (exact) mass is 182 g/mol. The lowest BCUT2D eigenvalue weighted by Crippen LogP contribution is -2.02. The van der Waals surface area contributed by atoms with Crippen LogP contribution in [0.4, 0.5) is 5.69 Å². The SMILES string of the molecule is CCSc1cccc(CN)c1N. The van der Waals surface area contributed by atoms with Crippen LogP contribution in [-0.2, 0) is 6.54 Å². The number of anilines is 1. The standard InChI is InChI=1S/C9H14N2S/c1-2-12-8-5-3-4-7(6-10)9(8)11/h3-5H,2,6,10-11H2,1H3. The Labute approximate surface area is 77.3 Å². The Hall–Kier alpha value is -0.670. The van der Waals surface area contributed by atoms with Crippen LogP contribution in [0.3, 0.4) is 0 Å². The van der Waals surface area contributed by atoms with Crippen LogP contribution in [0.5, 0.6) is 0 Å². The van der Waals surface area contributed by atoms with Crippen LogP contribution < -0.4 is 11.5 Å². The normalized spacial score (nSPS) is 10.2. The molecule has 0 spiro atoms. The van der Waals surface area contributed by atoms with Gasteiger partial charge in [0.25, 0.3) is 0 Å². The van der Waals surface area contributed by atoms with E-state index in [0.29, 0.717) is 6.54 Å². The predicted octanol–water partition coefficient (Wildman–Crippen LogP) is 1.84. The number of nitrogen functional groups attached to an aromatic ring is 1. The number of nitrogens with two attached hydrogens (primary N) is 2. The molecule has 1 aromatic carbocycles. The van der Waals surface area contributed by atoms with Crippen molar-refractivity contribution in [3.05, 3.63) is 23.8 Å². The molecular formula is C9H14N2S. The van der Waals surface area contributed by atoms with Crippen molar-refractivity contribution >= 4 is 17.4 Å². The highest BCUT2D eigenvalue weighted by Gasteiger charge is 2.01. The zero-order valence-electron chi connectivity index (χ0n) is 7.21. The topological polar surface area (TPSA) is 52.0 Å². The number of hydrogen-bond acceptors (Lipinski definition) is 3. The number of hydrogen-bond donors (Lipinski definition) is 2. The quantitative estimate of drug-likeness (QED) is 0.554. The third-order valence-electron chi connectivity index (χ3n) is 1.68. The molecular weight excluding hydrogens is 168 g/mol. The molecule has 0 bridgehead atoms. The molecule has 0 heterocycles. The first-order valence-electron chi connectivity index (χ1n) is 3.99. The van der Waals surface area contributed by atoms with Crippen molar-refractivity contribution in [2.75, 3.05) is 11.5 Å². The molecule has 0 aromatic heterocycles. The number of thioether (sulfide) groups is 1. The second-order valence-corrected chi connectivity index (χ2v) is 3.77. The van der Waals surface area contributed by atoms with E-state index in [1.54, 1.807) is 11.8 Å². The van der Waals surface area contributed by atoms with E-state index in [4.69, 9.17) is 11.5 Å². The average molecular weight is 182 g/mol. The average Bonchev–Trinajstić information content (AvgIpc) is 2.09. The molecule has 0 radical (unpaired) electrons. The van der Waals surface area contributed by atoms with E-state index in [9.17, 15) is 0 Å². The highest BCUT2D eigenvalue weighted by molar-refractivity contribution is 7.99. The highest BCUT2D eigenvalue weighted by atomic mass is 32.2. The van der Waals surface area contributed by atoms with Gasteiger partial charge in [-0.05, 0) is 17.4 Å². The van der Waals surface area contributed by atoms with Gasteiger partial charge in [-0.1, -0.05) is 19.1 Å². The van der Waals surface area contributed by atoms with Crippen molar-refractivity contribution in [2.24, 2.45) is 5.73 Å². The van der Waals surface area contributed by atoms with Gasteiger partial charge in [-0.3, -0.25) is 0 Å². The van der Waals surface area contributed by atoms with E-state index >= 15 is 0 Å². The smallest absolute Gasteiger partial charge is 0.0497 e. The fraction of sp³-hybridized carbons (Fsp3) is 0.333. The minimum atomic E-state index is 0.518. The molecule has 1 aromatic rings. The molecule has 0 fully saturated rings. The van der Waals surface area contributed by atoms with Crippen molar-refractivity contribution in [3.8, 4) is 0 Å². The van der Waals surface area contributed by atoms with E-state index < -0.39 is 0 Å². The van der Waals surface area contributed by atoms with E-state index in [0.717, 1.165) is 21.9 Å². The molecule has 0 amide bonds. The lowest BCUT2D eigenvalue weighted by atomic mass is 10.2. The van der Waals surface area contributed by atoms with E-state index in [1.807, 2.05) is 18.2 Å². The fourth-order valence-electron chi connectivity index (χ4n) is 1.05. The molecule has 0 aliphatic rings. The van der Waals surface area contributed by atoms with Gasteiger partial charge in [0.2, 0.25) is 0 Å². The number of rotatable bonds is 3. The predicted molar refractivity (Wildman–Crippen MR) is 55.1 cm³/mol. The van der Waals surface area contributed by atoms with Crippen molar-refractivity contribution in [1.29, 1.82) is 0 Å². The summed E-state index contributed by atoms with van der Waals surface area (Å²) in [7, 11) is 0. The second kappa shape index (κ2) is 4.38. The van der Waals surface area contributed by atoms with Crippen molar-refractivity contribution in [1.82, 2.24) is 0 Å². The maximum absolute atomic E-state index is 5.88. The van der Waals surface area contributed by atoms with Crippen LogP contribution in [0, 0.1) is 0 Å². The summed E-state index contributed by atoms with van der Waals surface area (Å²) in [4.78, 5) is 1.14. The molecule has 3 heteroatoms. The van der Waals surface area contributed by atoms with Crippen LogP contribution in [0.2, 0.25) is 0 Å². The first kappa shape index (κ1) is 9.42. The minimum Gasteiger partial charge on any atom is -0.398 e. The van der Waals surface area contributed by atoms with E-state index in [2.05, 4.69) is 6.92 Å². The molecule has 0 unspecified atom stereocenters. The lowest BCUT2D eigenvalue weighted by Gasteiger charge is -2.07. The van der Waals surface area contributed by atoms with Crippen LogP contribution >= 0.6 is 11.8 Å². The van der Waals surface area contributed by atoms with Gasteiger partial charge in [0.15, 0.2) is 0 Å². The summed E-state index contributed by atoms with van der Waals surface area (Å²) in [6.07, 6.45) is 0. The minimum absolute atomic E-state index is 0.518. The van der Waals surface area contributed by atoms with Crippen LogP contribution in [0.1, 0.15) is 12.5 Å². The lowest BCUT2D eigenvalue weighted by molar-refractivity contribution is 1.07. The molecule has 4 N–H and O–H groups in total. The van der Waals surface area contributed by atoms with Crippen molar-refractivity contribution < 1.29 is 0 Å². The first-order valence-corrected chi connectivity index (χ1v) is 4.98. The Bertz CT molecular complexity index is 261. The third-order valence-corrected chi connectivity index (χ3v) is 2.63. The van der Waals surface area contributed by atoms with Gasteiger partial charge in [-0.2, -0.15) is 0 Å². The molecule has 1 rings (SSSR count). The van der Waals surface area contributed by atoms with Gasteiger partial charge in [-0.15, -0.1) is 11.8 Å². The Balaban J connectivity index is 2.97. The molecule has 0 aliphatic carbocycles. The summed E-state index contributed by atoms with van der Waals surface area (Å²) >= 11 is 1.75. The summed E-state index contributed by atoms with van der Waals surface area (Å²) in [6.45, 7) is 2.63. The summed E-state index contributed by atoms with van der Waals surface area (Å²) in [5, 5.41) is 0.